The largest absolute Gasteiger partial charge is 0.497 e. The fourth-order valence-electron chi connectivity index (χ4n) is 4.17. The highest BCUT2D eigenvalue weighted by Gasteiger charge is 2.30. The number of para-hydroxylation sites is 1. The van der Waals surface area contributed by atoms with Gasteiger partial charge in [0, 0.05) is 29.9 Å². The Bertz CT molecular complexity index is 1130. The van der Waals surface area contributed by atoms with E-state index in [1.165, 1.54) is 11.0 Å². The van der Waals surface area contributed by atoms with E-state index in [2.05, 4.69) is 5.10 Å². The molecular weight excluding hydrogens is 413 g/mol. The molecule has 0 spiro atoms. The second-order valence-corrected chi connectivity index (χ2v) is 7.62. The number of aromatic nitrogens is 2. The molecule has 0 bridgehead atoms. The number of nitrogens with zero attached hydrogens (tertiary/aromatic N) is 3. The summed E-state index contributed by atoms with van der Waals surface area (Å²) in [6.07, 6.45) is 2.32. The molecule has 32 heavy (non-hydrogen) atoms. The van der Waals surface area contributed by atoms with E-state index in [0.717, 1.165) is 29.7 Å². The summed E-state index contributed by atoms with van der Waals surface area (Å²) in [4.78, 5) is 15.1. The van der Waals surface area contributed by atoms with Gasteiger partial charge in [0.1, 0.15) is 23.0 Å². The maximum absolute atomic E-state index is 14.5. The number of fused-ring (bicyclic) bond motifs is 1. The Morgan fingerprint density at radius 1 is 1.19 bits per heavy atom. The summed E-state index contributed by atoms with van der Waals surface area (Å²) in [6, 6.07) is 11.8. The SMILES string of the molecule is COc1ccc(OC)c(CN(CCO)C(=O)c2nn(-c3ccccc3F)c3c2CCC3)c1. The summed E-state index contributed by atoms with van der Waals surface area (Å²) < 4.78 is 26.8. The van der Waals surface area contributed by atoms with Crippen molar-refractivity contribution in [3.63, 3.8) is 0 Å². The lowest BCUT2D eigenvalue weighted by molar-refractivity contribution is 0.0699. The van der Waals surface area contributed by atoms with Gasteiger partial charge >= 0.3 is 0 Å². The van der Waals surface area contributed by atoms with E-state index in [1.54, 1.807) is 55.3 Å². The van der Waals surface area contributed by atoms with Gasteiger partial charge < -0.3 is 19.5 Å². The first-order chi connectivity index (χ1) is 15.6. The van der Waals surface area contributed by atoms with E-state index in [4.69, 9.17) is 9.47 Å². The molecular formula is C24H26FN3O4. The zero-order valence-corrected chi connectivity index (χ0v) is 18.2. The molecule has 7 nitrogen and oxygen atoms in total. The summed E-state index contributed by atoms with van der Waals surface area (Å²) in [5, 5.41) is 14.2. The quantitative estimate of drug-likeness (QED) is 0.584. The van der Waals surface area contributed by atoms with E-state index in [-0.39, 0.29) is 25.6 Å². The van der Waals surface area contributed by atoms with Crippen LogP contribution in [0.2, 0.25) is 0 Å². The molecule has 0 atom stereocenters. The van der Waals surface area contributed by atoms with Gasteiger partial charge in [-0.15, -0.1) is 0 Å². The molecule has 1 aromatic heterocycles. The number of carbonyl (C=O) groups excluding carboxylic acids is 1. The van der Waals surface area contributed by atoms with Gasteiger partial charge in [0.2, 0.25) is 0 Å². The van der Waals surface area contributed by atoms with Crippen LogP contribution in [0.15, 0.2) is 42.5 Å². The van der Waals surface area contributed by atoms with Crippen molar-refractivity contribution in [3.8, 4) is 17.2 Å². The molecule has 1 amide bonds. The predicted octanol–water partition coefficient (Wildman–Crippen LogP) is 3.15. The van der Waals surface area contributed by atoms with Crippen LogP contribution in [0, 0.1) is 5.82 Å². The number of aliphatic hydroxyl groups excluding tert-OH is 1. The van der Waals surface area contributed by atoms with Crippen molar-refractivity contribution >= 4 is 5.91 Å². The van der Waals surface area contributed by atoms with Gasteiger partial charge in [0.05, 0.1) is 20.8 Å². The summed E-state index contributed by atoms with van der Waals surface area (Å²) in [7, 11) is 3.13. The van der Waals surface area contributed by atoms with Gasteiger partial charge in [-0.3, -0.25) is 4.79 Å². The van der Waals surface area contributed by atoms with E-state index in [0.29, 0.717) is 29.3 Å². The molecule has 0 aliphatic heterocycles. The van der Waals surface area contributed by atoms with Crippen molar-refractivity contribution in [2.75, 3.05) is 27.4 Å². The van der Waals surface area contributed by atoms with Gasteiger partial charge in [-0.1, -0.05) is 12.1 Å². The van der Waals surface area contributed by atoms with Crippen LogP contribution in [-0.2, 0) is 19.4 Å². The molecule has 1 N–H and O–H groups in total. The maximum Gasteiger partial charge on any atom is 0.275 e. The second-order valence-electron chi connectivity index (χ2n) is 7.62. The van der Waals surface area contributed by atoms with Gasteiger partial charge in [0.15, 0.2) is 5.69 Å². The van der Waals surface area contributed by atoms with Gasteiger partial charge in [-0.25, -0.2) is 9.07 Å². The van der Waals surface area contributed by atoms with Gasteiger partial charge in [-0.05, 0) is 49.6 Å². The number of hydrogen-bond acceptors (Lipinski definition) is 5. The maximum atomic E-state index is 14.5. The highest BCUT2D eigenvalue weighted by atomic mass is 19.1. The van der Waals surface area contributed by atoms with E-state index >= 15 is 0 Å². The molecule has 1 heterocycles. The van der Waals surface area contributed by atoms with Crippen LogP contribution < -0.4 is 9.47 Å². The van der Waals surface area contributed by atoms with Crippen molar-refractivity contribution in [1.29, 1.82) is 0 Å². The highest BCUT2D eigenvalue weighted by Crippen LogP contribution is 2.31. The highest BCUT2D eigenvalue weighted by molar-refractivity contribution is 5.94. The zero-order valence-electron chi connectivity index (χ0n) is 18.2. The number of methoxy groups -OCH3 is 2. The predicted molar refractivity (Wildman–Crippen MR) is 117 cm³/mol. The number of aliphatic hydroxyl groups is 1. The van der Waals surface area contributed by atoms with Crippen LogP contribution in [0.1, 0.15) is 33.7 Å². The third kappa shape index (κ3) is 4.05. The summed E-state index contributed by atoms with van der Waals surface area (Å²) in [5.41, 5.74) is 3.09. The molecule has 2 aromatic carbocycles. The van der Waals surface area contributed by atoms with Gasteiger partial charge in [-0.2, -0.15) is 5.10 Å². The Kier molecular flexibility index (Phi) is 6.41. The summed E-state index contributed by atoms with van der Waals surface area (Å²) in [5.74, 6) is 0.555. The lowest BCUT2D eigenvalue weighted by atomic mass is 10.1. The van der Waals surface area contributed by atoms with Crippen molar-refractivity contribution in [2.45, 2.75) is 25.8 Å². The van der Waals surface area contributed by atoms with Crippen LogP contribution in [0.4, 0.5) is 4.39 Å². The molecule has 3 aromatic rings. The van der Waals surface area contributed by atoms with Crippen molar-refractivity contribution in [1.82, 2.24) is 14.7 Å². The third-order valence-electron chi connectivity index (χ3n) is 5.72. The van der Waals surface area contributed by atoms with Crippen molar-refractivity contribution in [2.24, 2.45) is 0 Å². The monoisotopic (exact) mass is 439 g/mol. The number of amides is 1. The Morgan fingerprint density at radius 3 is 2.72 bits per heavy atom. The molecule has 0 unspecified atom stereocenters. The molecule has 0 saturated heterocycles. The Morgan fingerprint density at radius 2 is 2.00 bits per heavy atom. The van der Waals surface area contributed by atoms with Crippen LogP contribution >= 0.6 is 0 Å². The molecule has 4 rings (SSSR count). The van der Waals surface area contributed by atoms with Crippen LogP contribution in [-0.4, -0.2) is 53.1 Å². The van der Waals surface area contributed by atoms with Crippen LogP contribution in [0.3, 0.4) is 0 Å². The lowest BCUT2D eigenvalue weighted by Crippen LogP contribution is -2.34. The normalized spacial score (nSPS) is 12.5. The first-order valence-electron chi connectivity index (χ1n) is 10.5. The minimum atomic E-state index is -0.392. The molecule has 8 heteroatoms. The molecule has 1 aliphatic rings. The van der Waals surface area contributed by atoms with E-state index < -0.39 is 5.82 Å². The summed E-state index contributed by atoms with van der Waals surface area (Å²) >= 11 is 0. The summed E-state index contributed by atoms with van der Waals surface area (Å²) in [6.45, 7) is 0.135. The first kappa shape index (κ1) is 21.8. The first-order valence-corrected chi connectivity index (χ1v) is 10.5. The number of rotatable bonds is 8. The molecule has 0 radical (unpaired) electrons. The second kappa shape index (κ2) is 9.40. The number of ether oxygens (including phenoxy) is 2. The average Bonchev–Trinajstić information content (AvgIpc) is 3.42. The minimum Gasteiger partial charge on any atom is -0.497 e. The fourth-order valence-corrected chi connectivity index (χ4v) is 4.17. The van der Waals surface area contributed by atoms with Crippen LogP contribution in [0.5, 0.6) is 11.5 Å². The Labute approximate surface area is 186 Å². The number of carbonyl (C=O) groups is 1. The number of hydrogen-bond donors (Lipinski definition) is 1. The van der Waals surface area contributed by atoms with Crippen molar-refractivity contribution in [3.05, 3.63) is 70.8 Å². The van der Waals surface area contributed by atoms with Crippen LogP contribution in [0.25, 0.3) is 5.69 Å². The zero-order chi connectivity index (χ0) is 22.7. The Hall–Kier alpha value is -3.39. The van der Waals surface area contributed by atoms with E-state index in [1.807, 2.05) is 0 Å². The van der Waals surface area contributed by atoms with E-state index in [9.17, 15) is 14.3 Å². The van der Waals surface area contributed by atoms with Crippen molar-refractivity contribution < 1.29 is 23.8 Å². The average molecular weight is 439 g/mol. The smallest absolute Gasteiger partial charge is 0.275 e. The number of benzene rings is 2. The third-order valence-corrected chi connectivity index (χ3v) is 5.72. The molecule has 1 aliphatic carbocycles. The fraction of sp³-hybridized carbons (Fsp3) is 0.333. The van der Waals surface area contributed by atoms with Gasteiger partial charge in [0.25, 0.3) is 5.91 Å². The minimum absolute atomic E-state index is 0.126. The Balaban J connectivity index is 1.71. The molecule has 168 valence electrons. The topological polar surface area (TPSA) is 76.8 Å². The lowest BCUT2D eigenvalue weighted by Gasteiger charge is -2.23. The standard InChI is InChI=1S/C24H26FN3O4/c1-31-17-10-11-22(32-2)16(14-17)15-27(12-13-29)24(30)23-18-6-5-9-20(18)28(26-23)21-8-4-3-7-19(21)25/h3-4,7-8,10-11,14,29H,5-6,9,12-13,15H2,1-2H3. The molecule has 0 fully saturated rings. The molecule has 0 saturated carbocycles. The number of halogens is 1.